The Balaban J connectivity index is 2.51. The zero-order valence-corrected chi connectivity index (χ0v) is 9.75. The summed E-state index contributed by atoms with van der Waals surface area (Å²) in [5.41, 5.74) is 0. The molecule has 0 radical (unpaired) electrons. The van der Waals surface area contributed by atoms with Crippen LogP contribution in [0.4, 0.5) is 0 Å². The van der Waals surface area contributed by atoms with Crippen LogP contribution in [0.5, 0.6) is 0 Å². The van der Waals surface area contributed by atoms with Crippen molar-refractivity contribution in [3.8, 4) is 0 Å². The van der Waals surface area contributed by atoms with Gasteiger partial charge in [0.1, 0.15) is 5.78 Å². The SMILES string of the molecule is CC(=O)CC(C1CCCCC1)N(C)C. The largest absolute Gasteiger partial charge is 0.306 e. The van der Waals surface area contributed by atoms with Crippen LogP contribution in [0.3, 0.4) is 0 Å². The van der Waals surface area contributed by atoms with Crippen LogP contribution >= 0.6 is 0 Å². The fraction of sp³-hybridized carbons (Fsp3) is 0.917. The van der Waals surface area contributed by atoms with Crippen LogP contribution in [-0.4, -0.2) is 30.8 Å². The van der Waals surface area contributed by atoms with E-state index in [2.05, 4.69) is 19.0 Å². The molecule has 0 spiro atoms. The molecule has 14 heavy (non-hydrogen) atoms. The fourth-order valence-electron chi connectivity index (χ4n) is 2.58. The number of hydrogen-bond donors (Lipinski definition) is 0. The second-order valence-electron chi connectivity index (χ2n) is 4.84. The summed E-state index contributed by atoms with van der Waals surface area (Å²) in [4.78, 5) is 13.4. The molecule has 82 valence electrons. The predicted octanol–water partition coefficient (Wildman–Crippen LogP) is 2.48. The molecule has 1 unspecified atom stereocenters. The molecule has 1 rings (SSSR count). The van der Waals surface area contributed by atoms with Crippen LogP contribution in [0, 0.1) is 5.92 Å². The molecule has 0 amide bonds. The molecule has 1 aliphatic carbocycles. The first kappa shape index (κ1) is 11.7. The molecule has 0 N–H and O–H groups in total. The number of carbonyl (C=O) groups is 1. The minimum absolute atomic E-state index is 0.328. The summed E-state index contributed by atoms with van der Waals surface area (Å²) in [6.45, 7) is 1.71. The van der Waals surface area contributed by atoms with E-state index in [0.717, 1.165) is 12.3 Å². The maximum atomic E-state index is 11.2. The summed E-state index contributed by atoms with van der Waals surface area (Å²) in [5, 5.41) is 0. The first-order valence-corrected chi connectivity index (χ1v) is 5.77. The lowest BCUT2D eigenvalue weighted by Crippen LogP contribution is -2.37. The van der Waals surface area contributed by atoms with E-state index in [0.29, 0.717) is 11.8 Å². The number of ketones is 1. The van der Waals surface area contributed by atoms with E-state index in [1.807, 2.05) is 0 Å². The molecule has 0 heterocycles. The third-order valence-electron chi connectivity index (χ3n) is 3.35. The van der Waals surface area contributed by atoms with Crippen molar-refractivity contribution in [1.82, 2.24) is 4.90 Å². The highest BCUT2D eigenvalue weighted by molar-refractivity contribution is 5.76. The van der Waals surface area contributed by atoms with Crippen molar-refractivity contribution >= 4 is 5.78 Å². The van der Waals surface area contributed by atoms with Gasteiger partial charge in [-0.05, 0) is 39.8 Å². The Morgan fingerprint density at radius 3 is 2.29 bits per heavy atom. The molecule has 2 nitrogen and oxygen atoms in total. The fourth-order valence-corrected chi connectivity index (χ4v) is 2.58. The molecule has 1 atom stereocenters. The van der Waals surface area contributed by atoms with Crippen LogP contribution in [0.2, 0.25) is 0 Å². The summed E-state index contributed by atoms with van der Waals surface area (Å²) < 4.78 is 0. The first-order valence-electron chi connectivity index (χ1n) is 5.77. The van der Waals surface area contributed by atoms with Crippen molar-refractivity contribution in [2.24, 2.45) is 5.92 Å². The van der Waals surface area contributed by atoms with Gasteiger partial charge in [0.15, 0.2) is 0 Å². The van der Waals surface area contributed by atoms with Crippen molar-refractivity contribution in [3.63, 3.8) is 0 Å². The minimum Gasteiger partial charge on any atom is -0.306 e. The molecule has 1 saturated carbocycles. The number of carbonyl (C=O) groups excluding carboxylic acids is 1. The van der Waals surface area contributed by atoms with Gasteiger partial charge in [0.25, 0.3) is 0 Å². The second kappa shape index (κ2) is 5.50. The Morgan fingerprint density at radius 1 is 1.29 bits per heavy atom. The third kappa shape index (κ3) is 3.41. The Kier molecular flexibility index (Phi) is 4.59. The molecule has 0 aromatic rings. The van der Waals surface area contributed by atoms with Crippen molar-refractivity contribution in [2.45, 2.75) is 51.5 Å². The first-order chi connectivity index (χ1) is 6.61. The summed E-state index contributed by atoms with van der Waals surface area (Å²) in [6.07, 6.45) is 7.46. The van der Waals surface area contributed by atoms with Crippen molar-refractivity contribution in [3.05, 3.63) is 0 Å². The molecule has 1 fully saturated rings. The van der Waals surface area contributed by atoms with Gasteiger partial charge in [-0.15, -0.1) is 0 Å². The second-order valence-corrected chi connectivity index (χ2v) is 4.84. The molecule has 0 saturated heterocycles. The number of hydrogen-bond acceptors (Lipinski definition) is 2. The summed E-state index contributed by atoms with van der Waals surface area (Å²) in [5.74, 6) is 1.08. The summed E-state index contributed by atoms with van der Waals surface area (Å²) in [7, 11) is 4.20. The van der Waals surface area contributed by atoms with Crippen LogP contribution in [0.25, 0.3) is 0 Å². The van der Waals surface area contributed by atoms with E-state index >= 15 is 0 Å². The van der Waals surface area contributed by atoms with Gasteiger partial charge in [-0.25, -0.2) is 0 Å². The third-order valence-corrected chi connectivity index (χ3v) is 3.35. The number of Topliss-reactive ketones (excluding diaryl/α,β-unsaturated/α-hetero) is 1. The monoisotopic (exact) mass is 197 g/mol. The lowest BCUT2D eigenvalue weighted by Gasteiger charge is -2.34. The molecule has 0 aliphatic heterocycles. The van der Waals surface area contributed by atoms with Gasteiger partial charge in [-0.3, -0.25) is 4.79 Å². The molecule has 0 aromatic carbocycles. The maximum absolute atomic E-state index is 11.2. The van der Waals surface area contributed by atoms with Gasteiger partial charge in [-0.1, -0.05) is 19.3 Å². The maximum Gasteiger partial charge on any atom is 0.131 e. The topological polar surface area (TPSA) is 20.3 Å². The van der Waals surface area contributed by atoms with E-state index in [4.69, 9.17) is 0 Å². The summed E-state index contributed by atoms with van der Waals surface area (Å²) in [6, 6.07) is 0.479. The Hall–Kier alpha value is -0.370. The van der Waals surface area contributed by atoms with E-state index in [1.54, 1.807) is 6.92 Å². The minimum atomic E-state index is 0.328. The average molecular weight is 197 g/mol. The number of rotatable bonds is 4. The lowest BCUT2D eigenvalue weighted by atomic mass is 9.81. The zero-order valence-electron chi connectivity index (χ0n) is 9.75. The lowest BCUT2D eigenvalue weighted by molar-refractivity contribution is -0.118. The van der Waals surface area contributed by atoms with Crippen LogP contribution in [0.15, 0.2) is 0 Å². The highest BCUT2D eigenvalue weighted by Crippen LogP contribution is 2.29. The van der Waals surface area contributed by atoms with E-state index in [1.165, 1.54) is 32.1 Å². The Morgan fingerprint density at radius 2 is 1.86 bits per heavy atom. The van der Waals surface area contributed by atoms with Crippen molar-refractivity contribution in [1.29, 1.82) is 0 Å². The highest BCUT2D eigenvalue weighted by atomic mass is 16.1. The van der Waals surface area contributed by atoms with Gasteiger partial charge in [0.2, 0.25) is 0 Å². The smallest absolute Gasteiger partial charge is 0.131 e. The van der Waals surface area contributed by atoms with Crippen LogP contribution < -0.4 is 0 Å². The van der Waals surface area contributed by atoms with Gasteiger partial charge in [0, 0.05) is 12.5 Å². The molecule has 2 heteroatoms. The molecular weight excluding hydrogens is 174 g/mol. The van der Waals surface area contributed by atoms with Crippen molar-refractivity contribution in [2.75, 3.05) is 14.1 Å². The average Bonchev–Trinajstić information content (AvgIpc) is 2.15. The Bertz CT molecular complexity index is 183. The standard InChI is InChI=1S/C12H23NO/c1-10(14)9-12(13(2)3)11-7-5-4-6-8-11/h11-12H,4-9H2,1-3H3. The summed E-state index contributed by atoms with van der Waals surface area (Å²) >= 11 is 0. The predicted molar refractivity (Wildman–Crippen MR) is 59.3 cm³/mol. The molecule has 1 aliphatic rings. The van der Waals surface area contributed by atoms with Crippen molar-refractivity contribution < 1.29 is 4.79 Å². The zero-order chi connectivity index (χ0) is 10.6. The van der Waals surface area contributed by atoms with E-state index in [9.17, 15) is 4.79 Å². The molecular formula is C12H23NO. The molecule has 0 bridgehead atoms. The van der Waals surface area contributed by atoms with Crippen LogP contribution in [0.1, 0.15) is 45.4 Å². The Labute approximate surface area is 87.7 Å². The van der Waals surface area contributed by atoms with E-state index in [-0.39, 0.29) is 0 Å². The number of nitrogens with zero attached hydrogens (tertiary/aromatic N) is 1. The van der Waals surface area contributed by atoms with E-state index < -0.39 is 0 Å². The van der Waals surface area contributed by atoms with Crippen LogP contribution in [-0.2, 0) is 4.79 Å². The normalized spacial score (nSPS) is 21.1. The quantitative estimate of drug-likeness (QED) is 0.690. The molecule has 0 aromatic heterocycles. The van der Waals surface area contributed by atoms with Gasteiger partial charge < -0.3 is 4.90 Å². The highest BCUT2D eigenvalue weighted by Gasteiger charge is 2.25. The van der Waals surface area contributed by atoms with Gasteiger partial charge in [0.05, 0.1) is 0 Å². The van der Waals surface area contributed by atoms with Gasteiger partial charge in [-0.2, -0.15) is 0 Å². The van der Waals surface area contributed by atoms with Gasteiger partial charge >= 0.3 is 0 Å².